The molecule has 0 N–H and O–H groups in total. The minimum Gasteiger partial charge on any atom is -0.497 e. The number of methoxy groups -OCH3 is 1. The molecule has 0 bridgehead atoms. The van der Waals surface area contributed by atoms with Crippen LogP contribution in [0.3, 0.4) is 0 Å². The van der Waals surface area contributed by atoms with Gasteiger partial charge in [0.25, 0.3) is 0 Å². The zero-order chi connectivity index (χ0) is 18.8. The highest BCUT2D eigenvalue weighted by atomic mass is 16.5. The van der Waals surface area contributed by atoms with E-state index in [1.165, 1.54) is 11.1 Å². The summed E-state index contributed by atoms with van der Waals surface area (Å²) in [6.45, 7) is 0.543. The van der Waals surface area contributed by atoms with Crippen molar-refractivity contribution in [2.24, 2.45) is 0 Å². The van der Waals surface area contributed by atoms with Gasteiger partial charge in [-0.25, -0.2) is 4.68 Å². The lowest BCUT2D eigenvalue weighted by atomic mass is 10.00. The van der Waals surface area contributed by atoms with Crippen LogP contribution in [0.4, 0.5) is 0 Å². The molecule has 3 aromatic rings. The number of benzene rings is 2. The van der Waals surface area contributed by atoms with Gasteiger partial charge in [-0.3, -0.25) is 4.79 Å². The number of hydrogen-bond donors (Lipinski definition) is 0. The van der Waals surface area contributed by atoms with Gasteiger partial charge in [0.15, 0.2) is 0 Å². The average Bonchev–Trinajstić information content (AvgIpc) is 3.34. The van der Waals surface area contributed by atoms with Gasteiger partial charge in [0, 0.05) is 31.4 Å². The van der Waals surface area contributed by atoms with Crippen LogP contribution >= 0.6 is 0 Å². The Morgan fingerprint density at radius 1 is 1.26 bits per heavy atom. The molecule has 0 unspecified atom stereocenters. The van der Waals surface area contributed by atoms with Crippen molar-refractivity contribution in [2.75, 3.05) is 14.2 Å². The first-order valence-corrected chi connectivity index (χ1v) is 9.16. The molecule has 5 heteroatoms. The van der Waals surface area contributed by atoms with E-state index in [0.29, 0.717) is 6.54 Å². The highest BCUT2D eigenvalue weighted by molar-refractivity contribution is 5.84. The molecule has 1 atom stereocenters. The second-order valence-corrected chi connectivity index (χ2v) is 6.98. The Kier molecular flexibility index (Phi) is 4.67. The summed E-state index contributed by atoms with van der Waals surface area (Å²) in [7, 11) is 3.52. The number of amides is 1. The number of aromatic nitrogens is 2. The quantitative estimate of drug-likeness (QED) is 0.698. The molecule has 1 amide bonds. The predicted molar refractivity (Wildman–Crippen MR) is 104 cm³/mol. The van der Waals surface area contributed by atoms with E-state index in [-0.39, 0.29) is 11.8 Å². The number of hydrogen-bond acceptors (Lipinski definition) is 3. The predicted octanol–water partition coefficient (Wildman–Crippen LogP) is 3.57. The molecule has 0 spiro atoms. The lowest BCUT2D eigenvalue weighted by Crippen LogP contribution is -2.30. The molecule has 0 saturated heterocycles. The molecule has 0 aliphatic heterocycles. The fourth-order valence-electron chi connectivity index (χ4n) is 3.77. The van der Waals surface area contributed by atoms with Crippen molar-refractivity contribution in [3.63, 3.8) is 0 Å². The minimum atomic E-state index is -0.0281. The maximum Gasteiger partial charge on any atom is 0.230 e. The number of likely N-dealkylation sites (N-methyl/N-ethyl adjacent to an activating group) is 1. The largest absolute Gasteiger partial charge is 0.497 e. The van der Waals surface area contributed by atoms with Gasteiger partial charge in [-0.1, -0.05) is 30.3 Å². The molecule has 27 heavy (non-hydrogen) atoms. The number of nitrogens with zero attached hydrogens (tertiary/aromatic N) is 3. The SMILES string of the molecule is COc1cccc(-n2cc(CN(C)C(=O)[C@H]3CCc4ccccc43)cn2)c1. The molecule has 1 heterocycles. The smallest absolute Gasteiger partial charge is 0.230 e. The van der Waals surface area contributed by atoms with Gasteiger partial charge in [0.1, 0.15) is 5.75 Å². The van der Waals surface area contributed by atoms with Gasteiger partial charge in [-0.05, 0) is 36.1 Å². The molecule has 1 aromatic heterocycles. The van der Waals surface area contributed by atoms with Crippen molar-refractivity contribution in [3.05, 3.63) is 77.6 Å². The van der Waals surface area contributed by atoms with Gasteiger partial charge in [0.2, 0.25) is 5.91 Å². The molecule has 0 fully saturated rings. The summed E-state index contributed by atoms with van der Waals surface area (Å²) < 4.78 is 7.08. The second-order valence-electron chi connectivity index (χ2n) is 6.98. The number of fused-ring (bicyclic) bond motifs is 1. The van der Waals surface area contributed by atoms with E-state index in [4.69, 9.17) is 4.74 Å². The highest BCUT2D eigenvalue weighted by Gasteiger charge is 2.30. The van der Waals surface area contributed by atoms with E-state index in [1.54, 1.807) is 16.7 Å². The molecule has 0 radical (unpaired) electrons. The minimum absolute atomic E-state index is 0.0281. The van der Waals surface area contributed by atoms with Crippen molar-refractivity contribution in [1.29, 1.82) is 0 Å². The Hall–Kier alpha value is -3.08. The maximum atomic E-state index is 13.0. The molecule has 1 aliphatic rings. The van der Waals surface area contributed by atoms with Gasteiger partial charge in [0.05, 0.1) is 24.9 Å². The monoisotopic (exact) mass is 361 g/mol. The van der Waals surface area contributed by atoms with E-state index in [0.717, 1.165) is 29.8 Å². The van der Waals surface area contributed by atoms with Crippen LogP contribution in [0.25, 0.3) is 5.69 Å². The van der Waals surface area contributed by atoms with E-state index in [1.807, 2.05) is 55.8 Å². The Morgan fingerprint density at radius 2 is 2.11 bits per heavy atom. The average molecular weight is 361 g/mol. The summed E-state index contributed by atoms with van der Waals surface area (Å²) in [5, 5.41) is 4.43. The lowest BCUT2D eigenvalue weighted by Gasteiger charge is -2.21. The molecule has 0 saturated carbocycles. The second kappa shape index (κ2) is 7.27. The Bertz CT molecular complexity index is 963. The summed E-state index contributed by atoms with van der Waals surface area (Å²) in [6, 6.07) is 16.0. The van der Waals surface area contributed by atoms with E-state index < -0.39 is 0 Å². The molecular formula is C22H23N3O2. The molecule has 4 rings (SSSR count). The molecular weight excluding hydrogens is 338 g/mol. The van der Waals surface area contributed by atoms with Crippen LogP contribution in [0.1, 0.15) is 29.0 Å². The van der Waals surface area contributed by atoms with Crippen LogP contribution in [-0.2, 0) is 17.8 Å². The first kappa shape index (κ1) is 17.3. The summed E-state index contributed by atoms with van der Waals surface area (Å²) in [5.74, 6) is 0.936. The first-order chi connectivity index (χ1) is 13.2. The number of aryl methyl sites for hydroxylation is 1. The van der Waals surface area contributed by atoms with Crippen LogP contribution in [0.2, 0.25) is 0 Å². The van der Waals surface area contributed by atoms with Crippen molar-refractivity contribution in [3.8, 4) is 11.4 Å². The zero-order valence-corrected chi connectivity index (χ0v) is 15.6. The third kappa shape index (κ3) is 3.45. The number of rotatable bonds is 5. The molecule has 2 aromatic carbocycles. The van der Waals surface area contributed by atoms with Crippen LogP contribution in [-0.4, -0.2) is 34.7 Å². The lowest BCUT2D eigenvalue weighted by molar-refractivity contribution is -0.132. The van der Waals surface area contributed by atoms with E-state index >= 15 is 0 Å². The van der Waals surface area contributed by atoms with Gasteiger partial charge < -0.3 is 9.64 Å². The Morgan fingerprint density at radius 3 is 2.96 bits per heavy atom. The third-order valence-corrected chi connectivity index (χ3v) is 5.18. The number of ether oxygens (including phenoxy) is 1. The number of carbonyl (C=O) groups is 1. The topological polar surface area (TPSA) is 47.4 Å². The first-order valence-electron chi connectivity index (χ1n) is 9.16. The van der Waals surface area contributed by atoms with Crippen molar-refractivity contribution in [1.82, 2.24) is 14.7 Å². The van der Waals surface area contributed by atoms with Crippen LogP contribution < -0.4 is 4.74 Å². The van der Waals surface area contributed by atoms with E-state index in [2.05, 4.69) is 17.2 Å². The fourth-order valence-corrected chi connectivity index (χ4v) is 3.77. The third-order valence-electron chi connectivity index (χ3n) is 5.18. The molecule has 1 aliphatic carbocycles. The van der Waals surface area contributed by atoms with Gasteiger partial charge in [-0.2, -0.15) is 5.10 Å². The standard InChI is InChI=1S/C22H23N3O2/c1-24(22(26)21-11-10-17-6-3-4-9-20(17)21)14-16-13-23-25(15-16)18-7-5-8-19(12-18)27-2/h3-9,12-13,15,21H,10-11,14H2,1-2H3/t21-/m0/s1. The van der Waals surface area contributed by atoms with Crippen LogP contribution in [0, 0.1) is 0 Å². The van der Waals surface area contributed by atoms with Crippen molar-refractivity contribution < 1.29 is 9.53 Å². The molecule has 5 nitrogen and oxygen atoms in total. The summed E-state index contributed by atoms with van der Waals surface area (Å²) in [6.07, 6.45) is 5.65. The Balaban J connectivity index is 1.47. The van der Waals surface area contributed by atoms with Crippen molar-refractivity contribution >= 4 is 5.91 Å². The van der Waals surface area contributed by atoms with Crippen LogP contribution in [0.5, 0.6) is 5.75 Å². The van der Waals surface area contributed by atoms with Crippen molar-refractivity contribution in [2.45, 2.75) is 25.3 Å². The summed E-state index contributed by atoms with van der Waals surface area (Å²) >= 11 is 0. The van der Waals surface area contributed by atoms with Gasteiger partial charge >= 0.3 is 0 Å². The summed E-state index contributed by atoms with van der Waals surface area (Å²) in [4.78, 5) is 14.8. The maximum absolute atomic E-state index is 13.0. The number of carbonyl (C=O) groups excluding carboxylic acids is 1. The molecule has 138 valence electrons. The highest BCUT2D eigenvalue weighted by Crippen LogP contribution is 2.34. The van der Waals surface area contributed by atoms with Gasteiger partial charge in [-0.15, -0.1) is 0 Å². The van der Waals surface area contributed by atoms with Crippen LogP contribution in [0.15, 0.2) is 60.9 Å². The zero-order valence-electron chi connectivity index (χ0n) is 15.6. The Labute approximate surface area is 159 Å². The normalized spacial score (nSPS) is 15.4. The van der Waals surface area contributed by atoms with E-state index in [9.17, 15) is 4.79 Å². The fraction of sp³-hybridized carbons (Fsp3) is 0.273. The summed E-state index contributed by atoms with van der Waals surface area (Å²) in [5.41, 5.74) is 4.41.